The Labute approximate surface area is 282 Å². The molecular formula is C35H47N5O4S2. The number of amides is 2. The van der Waals surface area contributed by atoms with Crippen molar-refractivity contribution in [3.63, 3.8) is 0 Å². The van der Waals surface area contributed by atoms with Gasteiger partial charge in [-0.25, -0.2) is 14.7 Å². The Balaban J connectivity index is 2.28. The Morgan fingerprint density at radius 3 is 2.39 bits per heavy atom. The first kappa shape index (κ1) is 38.6. The van der Waals surface area contributed by atoms with Crippen molar-refractivity contribution in [2.24, 2.45) is 4.99 Å². The number of benzene rings is 2. The SMILES string of the molecule is C=C/C=C\C(=C)C(=C)N=C(C)N(C(=O)OCCSSCCO)c1cc(NC(=O)c2ccc(CN(C)CCN(C)C)cc2)ccc1C. The van der Waals surface area contributed by atoms with Crippen molar-refractivity contribution >= 4 is 50.8 Å². The number of allylic oxidation sites excluding steroid dienone is 3. The number of carbonyl (C=O) groups is 2. The molecule has 0 fully saturated rings. The molecule has 0 bridgehead atoms. The molecule has 2 N–H and O–H groups in total. The summed E-state index contributed by atoms with van der Waals surface area (Å²) in [5.74, 6) is 1.20. The van der Waals surface area contributed by atoms with Gasteiger partial charge >= 0.3 is 6.09 Å². The molecule has 0 spiro atoms. The molecule has 11 heteroatoms. The van der Waals surface area contributed by atoms with Gasteiger partial charge in [-0.1, -0.05) is 77.8 Å². The predicted octanol–water partition coefficient (Wildman–Crippen LogP) is 6.79. The first-order valence-electron chi connectivity index (χ1n) is 14.9. The van der Waals surface area contributed by atoms with E-state index >= 15 is 0 Å². The zero-order valence-electron chi connectivity index (χ0n) is 27.6. The monoisotopic (exact) mass is 665 g/mol. The van der Waals surface area contributed by atoms with Gasteiger partial charge in [0.2, 0.25) is 0 Å². The van der Waals surface area contributed by atoms with Gasteiger partial charge in [-0.2, -0.15) is 0 Å². The number of ether oxygens (including phenoxy) is 1. The second-order valence-electron chi connectivity index (χ2n) is 10.7. The fraction of sp³-hybridized carbons (Fsp3) is 0.343. The second kappa shape index (κ2) is 20.5. The number of rotatable bonds is 18. The molecule has 2 aromatic rings. The lowest BCUT2D eigenvalue weighted by molar-refractivity contribution is 0.102. The number of aryl methyl sites for hydroxylation is 1. The molecule has 0 aliphatic rings. The van der Waals surface area contributed by atoms with Gasteiger partial charge in [-0.3, -0.25) is 4.79 Å². The van der Waals surface area contributed by atoms with Crippen molar-refractivity contribution in [1.82, 2.24) is 9.80 Å². The number of hydrogen-bond acceptors (Lipinski definition) is 9. The van der Waals surface area contributed by atoms with Crippen LogP contribution in [0.4, 0.5) is 16.2 Å². The van der Waals surface area contributed by atoms with Gasteiger partial charge in [0.1, 0.15) is 12.4 Å². The molecule has 0 aliphatic heterocycles. The van der Waals surface area contributed by atoms with Crippen LogP contribution in [0.15, 0.2) is 96.7 Å². The molecule has 0 heterocycles. The number of nitrogens with zero attached hydrogens (tertiary/aromatic N) is 4. The van der Waals surface area contributed by atoms with Crippen molar-refractivity contribution in [1.29, 1.82) is 0 Å². The first-order valence-corrected chi connectivity index (χ1v) is 17.3. The smallest absolute Gasteiger partial charge is 0.419 e. The molecule has 248 valence electrons. The molecule has 2 rings (SSSR count). The van der Waals surface area contributed by atoms with Crippen LogP contribution in [0.5, 0.6) is 0 Å². The Hall–Kier alpha value is -3.61. The minimum Gasteiger partial charge on any atom is -0.448 e. The minimum atomic E-state index is -0.619. The number of amidine groups is 1. The lowest BCUT2D eigenvalue weighted by Gasteiger charge is -2.24. The number of anilines is 2. The maximum atomic E-state index is 13.5. The molecule has 0 aliphatic carbocycles. The molecule has 2 amide bonds. The van der Waals surface area contributed by atoms with Crippen LogP contribution in [0.25, 0.3) is 0 Å². The highest BCUT2D eigenvalue weighted by molar-refractivity contribution is 8.76. The summed E-state index contributed by atoms with van der Waals surface area (Å²) < 4.78 is 5.61. The average molecular weight is 666 g/mol. The summed E-state index contributed by atoms with van der Waals surface area (Å²) in [6.07, 6.45) is 4.46. The van der Waals surface area contributed by atoms with Crippen molar-refractivity contribution in [3.8, 4) is 0 Å². The predicted molar refractivity (Wildman–Crippen MR) is 197 cm³/mol. The van der Waals surface area contributed by atoms with E-state index in [0.29, 0.717) is 45.5 Å². The maximum absolute atomic E-state index is 13.5. The number of carbonyl (C=O) groups excluding carboxylic acids is 2. The summed E-state index contributed by atoms with van der Waals surface area (Å²) in [7, 11) is 9.20. The third-order valence-electron chi connectivity index (χ3n) is 6.56. The molecule has 0 unspecified atom stereocenters. The van der Waals surface area contributed by atoms with Crippen LogP contribution in [0.1, 0.15) is 28.4 Å². The number of likely N-dealkylation sites (N-methyl/N-ethyl adjacent to an activating group) is 2. The molecule has 2 aromatic carbocycles. The van der Waals surface area contributed by atoms with Crippen LogP contribution in [-0.4, -0.2) is 91.7 Å². The highest BCUT2D eigenvalue weighted by Gasteiger charge is 2.23. The van der Waals surface area contributed by atoms with Crippen LogP contribution in [0.3, 0.4) is 0 Å². The Bertz CT molecular complexity index is 1410. The molecule has 0 radical (unpaired) electrons. The topological polar surface area (TPSA) is 97.7 Å². The first-order chi connectivity index (χ1) is 22.0. The fourth-order valence-corrected chi connectivity index (χ4v) is 5.64. The zero-order valence-corrected chi connectivity index (χ0v) is 29.3. The van der Waals surface area contributed by atoms with E-state index in [1.807, 2.05) is 37.3 Å². The normalized spacial score (nSPS) is 11.6. The van der Waals surface area contributed by atoms with E-state index in [0.717, 1.165) is 30.8 Å². The van der Waals surface area contributed by atoms with Gasteiger partial charge in [0, 0.05) is 42.4 Å². The average Bonchev–Trinajstić information content (AvgIpc) is 3.02. The van der Waals surface area contributed by atoms with E-state index in [4.69, 9.17) is 9.84 Å². The van der Waals surface area contributed by atoms with Gasteiger partial charge in [0.15, 0.2) is 0 Å². The van der Waals surface area contributed by atoms with Gasteiger partial charge in [0.25, 0.3) is 5.91 Å². The van der Waals surface area contributed by atoms with E-state index < -0.39 is 6.09 Å². The summed E-state index contributed by atoms with van der Waals surface area (Å²) in [6.45, 7) is 18.2. The zero-order chi connectivity index (χ0) is 34.1. The standard InChI is InChI=1S/C35H47N5O4S2/c1-9-10-11-26(2)28(4)36-29(5)40(35(43)44-21-23-46-45-22-20-41)33-24-32(17-12-27(33)3)37-34(42)31-15-13-30(14-16-31)25-39(8)19-18-38(6)7/h9-17,24,41H,1-2,4,18-23,25H2,3,5-8H3,(H,37,42)/b11-10-,36-29?. The highest BCUT2D eigenvalue weighted by atomic mass is 33.1. The van der Waals surface area contributed by atoms with Gasteiger partial charge < -0.3 is 25.0 Å². The number of aliphatic imine (C=N–C) groups is 1. The number of nitrogens with one attached hydrogen (secondary N) is 1. The van der Waals surface area contributed by atoms with Crippen molar-refractivity contribution in [2.75, 3.05) is 69.2 Å². The number of aliphatic hydroxyl groups is 1. The van der Waals surface area contributed by atoms with Gasteiger partial charge in [-0.05, 0) is 76.0 Å². The third-order valence-corrected chi connectivity index (χ3v) is 8.91. The van der Waals surface area contributed by atoms with Crippen LogP contribution in [-0.2, 0) is 11.3 Å². The van der Waals surface area contributed by atoms with E-state index in [2.05, 4.69) is 61.0 Å². The summed E-state index contributed by atoms with van der Waals surface area (Å²) in [5.41, 5.74) is 4.37. The van der Waals surface area contributed by atoms with Gasteiger partial charge in [-0.15, -0.1) is 0 Å². The number of hydrogen-bond donors (Lipinski definition) is 2. The second-order valence-corrected chi connectivity index (χ2v) is 13.4. The summed E-state index contributed by atoms with van der Waals surface area (Å²) in [6, 6.07) is 12.9. The van der Waals surface area contributed by atoms with Crippen molar-refractivity contribution < 1.29 is 19.4 Å². The molecule has 0 saturated heterocycles. The maximum Gasteiger partial charge on any atom is 0.419 e. The Morgan fingerprint density at radius 1 is 1.04 bits per heavy atom. The molecule has 46 heavy (non-hydrogen) atoms. The van der Waals surface area contributed by atoms with E-state index in [-0.39, 0.29) is 19.1 Å². The lowest BCUT2D eigenvalue weighted by Crippen LogP contribution is -2.37. The van der Waals surface area contributed by atoms with E-state index in [9.17, 15) is 9.59 Å². The highest BCUT2D eigenvalue weighted by Crippen LogP contribution is 2.27. The molecule has 0 aromatic heterocycles. The van der Waals surface area contributed by atoms with Crippen LogP contribution < -0.4 is 10.2 Å². The summed E-state index contributed by atoms with van der Waals surface area (Å²) in [4.78, 5) is 37.0. The summed E-state index contributed by atoms with van der Waals surface area (Å²) >= 11 is 0. The molecule has 0 atom stereocenters. The fourth-order valence-electron chi connectivity index (χ4n) is 4.04. The Morgan fingerprint density at radius 2 is 1.74 bits per heavy atom. The van der Waals surface area contributed by atoms with E-state index in [1.54, 1.807) is 37.3 Å². The van der Waals surface area contributed by atoms with Crippen molar-refractivity contribution in [3.05, 3.63) is 108 Å². The molecular weight excluding hydrogens is 619 g/mol. The Kier molecular flexibility index (Phi) is 17.2. The van der Waals surface area contributed by atoms with Crippen molar-refractivity contribution in [2.45, 2.75) is 20.4 Å². The number of aliphatic hydroxyl groups excluding tert-OH is 1. The quantitative estimate of drug-likeness (QED) is 0.0591. The minimum absolute atomic E-state index is 0.0877. The lowest BCUT2D eigenvalue weighted by atomic mass is 10.1. The van der Waals surface area contributed by atoms with Crippen LogP contribution >= 0.6 is 21.6 Å². The molecule has 0 saturated carbocycles. The third kappa shape index (κ3) is 13.4. The van der Waals surface area contributed by atoms with Gasteiger partial charge in [0.05, 0.1) is 18.0 Å². The van der Waals surface area contributed by atoms with E-state index in [1.165, 1.54) is 26.5 Å². The van der Waals surface area contributed by atoms with Crippen LogP contribution in [0.2, 0.25) is 0 Å². The summed E-state index contributed by atoms with van der Waals surface area (Å²) in [5, 5.41) is 11.9. The van der Waals surface area contributed by atoms with Crippen LogP contribution in [0, 0.1) is 6.92 Å². The molecule has 9 nitrogen and oxygen atoms in total. The largest absolute Gasteiger partial charge is 0.448 e.